The summed E-state index contributed by atoms with van der Waals surface area (Å²) < 4.78 is 9.31. The van der Waals surface area contributed by atoms with E-state index in [9.17, 15) is 0 Å². The number of nitrogens with zero attached hydrogens (tertiary/aromatic N) is 2. The van der Waals surface area contributed by atoms with Gasteiger partial charge in [0.2, 0.25) is 0 Å². The fourth-order valence-electron chi connectivity index (χ4n) is 1.71. The Balaban J connectivity index is 2.28. The van der Waals surface area contributed by atoms with E-state index < -0.39 is 0 Å². The van der Waals surface area contributed by atoms with Crippen LogP contribution in [-0.4, -0.2) is 29.1 Å². The molecule has 2 heterocycles. The third-order valence-corrected chi connectivity index (χ3v) is 3.27. The number of anilines is 2. The summed E-state index contributed by atoms with van der Waals surface area (Å²) in [6, 6.07) is 4.05. The fraction of sp³-hybridized carbons (Fsp3) is 0.333. The first-order chi connectivity index (χ1) is 8.72. The van der Waals surface area contributed by atoms with Gasteiger partial charge >= 0.3 is 0 Å². The van der Waals surface area contributed by atoms with E-state index in [1.165, 1.54) is 11.5 Å². The van der Waals surface area contributed by atoms with Gasteiger partial charge in [0.15, 0.2) is 0 Å². The molecule has 0 aliphatic carbocycles. The molecule has 0 saturated heterocycles. The van der Waals surface area contributed by atoms with E-state index in [1.807, 2.05) is 12.1 Å². The van der Waals surface area contributed by atoms with Crippen molar-refractivity contribution in [2.45, 2.75) is 13.0 Å². The SMILES string of the molecule is COCC(C)Nc1snc(N)c1-c1ccncc1. The minimum absolute atomic E-state index is 0.204. The highest BCUT2D eigenvalue weighted by molar-refractivity contribution is 7.11. The molecule has 0 fully saturated rings. The van der Waals surface area contributed by atoms with Crippen LogP contribution in [0.15, 0.2) is 24.5 Å². The molecule has 6 heteroatoms. The van der Waals surface area contributed by atoms with Crippen molar-refractivity contribution in [3.8, 4) is 11.1 Å². The van der Waals surface area contributed by atoms with Crippen molar-refractivity contribution >= 4 is 22.4 Å². The molecule has 0 aliphatic rings. The topological polar surface area (TPSA) is 73.1 Å². The predicted octanol–water partition coefficient (Wildman–Crippen LogP) is 2.23. The van der Waals surface area contributed by atoms with Gasteiger partial charge in [0.1, 0.15) is 10.8 Å². The molecule has 0 amide bonds. The molecule has 2 aromatic rings. The van der Waals surface area contributed by atoms with Gasteiger partial charge < -0.3 is 15.8 Å². The Morgan fingerprint density at radius 1 is 1.44 bits per heavy atom. The predicted molar refractivity (Wildman–Crippen MR) is 74.7 cm³/mol. The Labute approximate surface area is 110 Å². The molecule has 0 aromatic carbocycles. The number of aromatic nitrogens is 2. The van der Waals surface area contributed by atoms with Gasteiger partial charge in [-0.2, -0.15) is 4.37 Å². The number of pyridine rings is 1. The monoisotopic (exact) mass is 264 g/mol. The smallest absolute Gasteiger partial charge is 0.147 e. The van der Waals surface area contributed by atoms with Crippen LogP contribution < -0.4 is 11.1 Å². The van der Waals surface area contributed by atoms with Crippen LogP contribution in [0.5, 0.6) is 0 Å². The first-order valence-corrected chi connectivity index (χ1v) is 6.40. The number of hydrogen-bond donors (Lipinski definition) is 2. The van der Waals surface area contributed by atoms with Crippen molar-refractivity contribution in [3.05, 3.63) is 24.5 Å². The minimum atomic E-state index is 0.204. The highest BCUT2D eigenvalue weighted by Crippen LogP contribution is 2.36. The maximum Gasteiger partial charge on any atom is 0.147 e. The average Bonchev–Trinajstić information content (AvgIpc) is 2.72. The van der Waals surface area contributed by atoms with Crippen LogP contribution >= 0.6 is 11.5 Å². The molecular formula is C12H16N4OS. The van der Waals surface area contributed by atoms with Crippen LogP contribution in [0.4, 0.5) is 10.8 Å². The second-order valence-corrected chi connectivity index (χ2v) is 4.78. The summed E-state index contributed by atoms with van der Waals surface area (Å²) in [6.07, 6.45) is 3.49. The molecule has 0 aliphatic heterocycles. The molecule has 0 radical (unpaired) electrons. The Bertz CT molecular complexity index is 500. The van der Waals surface area contributed by atoms with Gasteiger partial charge in [-0.1, -0.05) is 0 Å². The quantitative estimate of drug-likeness (QED) is 0.866. The normalized spacial score (nSPS) is 12.3. The lowest BCUT2D eigenvalue weighted by Crippen LogP contribution is -2.20. The third-order valence-electron chi connectivity index (χ3n) is 2.48. The van der Waals surface area contributed by atoms with Crippen LogP contribution in [0, 0.1) is 0 Å². The van der Waals surface area contributed by atoms with Crippen LogP contribution in [-0.2, 0) is 4.74 Å². The van der Waals surface area contributed by atoms with Crippen LogP contribution in [0.2, 0.25) is 0 Å². The second kappa shape index (κ2) is 5.79. The first-order valence-electron chi connectivity index (χ1n) is 5.63. The van der Waals surface area contributed by atoms with Gasteiger partial charge in [0.25, 0.3) is 0 Å². The van der Waals surface area contributed by atoms with Gasteiger partial charge in [-0.25, -0.2) is 0 Å². The van der Waals surface area contributed by atoms with Gasteiger partial charge in [-0.05, 0) is 36.2 Å². The summed E-state index contributed by atoms with van der Waals surface area (Å²) in [6.45, 7) is 2.68. The van der Waals surface area contributed by atoms with Gasteiger partial charge in [0.05, 0.1) is 12.2 Å². The summed E-state index contributed by atoms with van der Waals surface area (Å²) in [4.78, 5) is 4.01. The zero-order valence-corrected chi connectivity index (χ0v) is 11.2. The molecular weight excluding hydrogens is 248 g/mol. The maximum absolute atomic E-state index is 5.93. The standard InChI is InChI=1S/C12H16N4OS/c1-8(7-17-2)15-12-10(11(13)16-18-12)9-3-5-14-6-4-9/h3-6,8,15H,7H2,1-2H3,(H2,13,16). The molecule has 2 rings (SSSR count). The molecule has 2 aromatic heterocycles. The number of rotatable bonds is 5. The Kier molecular flexibility index (Phi) is 4.11. The molecule has 5 nitrogen and oxygen atoms in total. The Morgan fingerprint density at radius 2 is 2.17 bits per heavy atom. The summed E-state index contributed by atoms with van der Waals surface area (Å²) in [5.41, 5.74) is 7.88. The van der Waals surface area contributed by atoms with Gasteiger partial charge in [-0.3, -0.25) is 4.98 Å². The zero-order chi connectivity index (χ0) is 13.0. The molecule has 3 N–H and O–H groups in total. The summed E-state index contributed by atoms with van der Waals surface area (Å²) in [7, 11) is 1.68. The van der Waals surface area contributed by atoms with E-state index in [0.717, 1.165) is 16.1 Å². The minimum Gasteiger partial charge on any atom is -0.383 e. The Hall–Kier alpha value is -1.66. The first kappa shape index (κ1) is 12.8. The lowest BCUT2D eigenvalue weighted by molar-refractivity contribution is 0.190. The van der Waals surface area contributed by atoms with E-state index in [0.29, 0.717) is 12.4 Å². The Morgan fingerprint density at radius 3 is 2.83 bits per heavy atom. The fourth-order valence-corrected chi connectivity index (χ4v) is 2.56. The van der Waals surface area contributed by atoms with Crippen LogP contribution in [0.25, 0.3) is 11.1 Å². The lowest BCUT2D eigenvalue weighted by Gasteiger charge is -2.13. The second-order valence-electron chi connectivity index (χ2n) is 4.01. The van der Waals surface area contributed by atoms with Crippen molar-refractivity contribution in [2.24, 2.45) is 0 Å². The maximum atomic E-state index is 5.93. The van der Waals surface area contributed by atoms with Crippen LogP contribution in [0.3, 0.4) is 0 Å². The number of nitrogen functional groups attached to an aromatic ring is 1. The number of nitrogens with two attached hydrogens (primary N) is 1. The molecule has 0 spiro atoms. The molecule has 18 heavy (non-hydrogen) atoms. The molecule has 1 atom stereocenters. The largest absolute Gasteiger partial charge is 0.383 e. The zero-order valence-electron chi connectivity index (χ0n) is 10.4. The molecule has 96 valence electrons. The van der Waals surface area contributed by atoms with Crippen LogP contribution in [0.1, 0.15) is 6.92 Å². The number of methoxy groups -OCH3 is 1. The summed E-state index contributed by atoms with van der Waals surface area (Å²) in [5.74, 6) is 0.540. The summed E-state index contributed by atoms with van der Waals surface area (Å²) in [5, 5.41) is 4.32. The van der Waals surface area contributed by atoms with E-state index in [2.05, 4.69) is 21.6 Å². The lowest BCUT2D eigenvalue weighted by atomic mass is 10.1. The highest BCUT2D eigenvalue weighted by Gasteiger charge is 2.15. The molecule has 1 unspecified atom stereocenters. The van der Waals surface area contributed by atoms with E-state index in [1.54, 1.807) is 19.5 Å². The van der Waals surface area contributed by atoms with Crippen molar-refractivity contribution in [3.63, 3.8) is 0 Å². The summed E-state index contributed by atoms with van der Waals surface area (Å²) >= 11 is 1.36. The van der Waals surface area contributed by atoms with Crippen molar-refractivity contribution in [1.29, 1.82) is 0 Å². The van der Waals surface area contributed by atoms with Gasteiger partial charge in [-0.15, -0.1) is 0 Å². The van der Waals surface area contributed by atoms with Gasteiger partial charge in [0, 0.05) is 25.5 Å². The van der Waals surface area contributed by atoms with Crippen molar-refractivity contribution < 1.29 is 4.74 Å². The number of nitrogens with one attached hydrogen (secondary N) is 1. The van der Waals surface area contributed by atoms with E-state index >= 15 is 0 Å². The van der Waals surface area contributed by atoms with Crippen molar-refractivity contribution in [2.75, 3.05) is 24.8 Å². The third kappa shape index (κ3) is 2.77. The molecule has 0 saturated carbocycles. The number of hydrogen-bond acceptors (Lipinski definition) is 6. The van der Waals surface area contributed by atoms with E-state index in [-0.39, 0.29) is 6.04 Å². The molecule has 0 bridgehead atoms. The highest BCUT2D eigenvalue weighted by atomic mass is 32.1. The number of ether oxygens (including phenoxy) is 1. The average molecular weight is 264 g/mol. The van der Waals surface area contributed by atoms with Crippen molar-refractivity contribution in [1.82, 2.24) is 9.36 Å². The van der Waals surface area contributed by atoms with E-state index in [4.69, 9.17) is 10.5 Å².